The van der Waals surface area contributed by atoms with Gasteiger partial charge in [-0.05, 0) is 18.9 Å². The number of ether oxygens (including phenoxy) is 3. The molecule has 142 valence electrons. The highest BCUT2D eigenvalue weighted by atomic mass is 16.7. The van der Waals surface area contributed by atoms with E-state index in [9.17, 15) is 4.79 Å². The zero-order valence-corrected chi connectivity index (χ0v) is 15.7. The van der Waals surface area contributed by atoms with E-state index in [2.05, 4.69) is 19.2 Å². The molecular weight excluding hydrogens is 320 g/mol. The molecule has 0 aromatic carbocycles. The molecule has 6 nitrogen and oxygen atoms in total. The molecule has 0 radical (unpaired) electrons. The minimum Gasteiger partial charge on any atom is -0.355 e. The van der Waals surface area contributed by atoms with Crippen LogP contribution in [0.1, 0.15) is 62.7 Å². The van der Waals surface area contributed by atoms with E-state index >= 15 is 0 Å². The monoisotopic (exact) mass is 353 g/mol. The number of carbonyl (C=O) groups is 1. The number of nitrogens with zero attached hydrogens (tertiary/aromatic N) is 1. The lowest BCUT2D eigenvalue weighted by molar-refractivity contribution is -0.732. The molecule has 1 aromatic heterocycles. The molecule has 0 atom stereocenters. The summed E-state index contributed by atoms with van der Waals surface area (Å²) in [5.41, 5.74) is 0.576. The number of hydrogen-bond acceptors (Lipinski definition) is 4. The van der Waals surface area contributed by atoms with Crippen LogP contribution in [0.4, 0.5) is 0 Å². The minimum absolute atomic E-state index is 0.134. The Labute approximate surface area is 151 Å². The van der Waals surface area contributed by atoms with Crippen molar-refractivity contribution >= 4 is 5.91 Å². The molecule has 0 aliphatic carbocycles. The SMILES string of the molecule is CCCCCOCOCNC(=O)c1ccc[n+](COCCCCC)c1. The van der Waals surface area contributed by atoms with Crippen LogP contribution in [0.2, 0.25) is 0 Å². The first-order valence-corrected chi connectivity index (χ1v) is 9.28. The predicted molar refractivity (Wildman–Crippen MR) is 95.9 cm³/mol. The third kappa shape index (κ3) is 10.9. The fourth-order valence-corrected chi connectivity index (χ4v) is 2.19. The van der Waals surface area contributed by atoms with Gasteiger partial charge in [-0.15, -0.1) is 0 Å². The van der Waals surface area contributed by atoms with Gasteiger partial charge in [-0.2, -0.15) is 4.57 Å². The zero-order chi connectivity index (χ0) is 18.2. The molecule has 1 heterocycles. The van der Waals surface area contributed by atoms with Crippen molar-refractivity contribution in [3.8, 4) is 0 Å². The summed E-state index contributed by atoms with van der Waals surface area (Å²) in [5, 5.41) is 2.72. The number of carbonyl (C=O) groups excluding carboxylic acids is 1. The Balaban J connectivity index is 2.19. The van der Waals surface area contributed by atoms with Gasteiger partial charge in [-0.3, -0.25) is 4.79 Å². The van der Waals surface area contributed by atoms with Crippen molar-refractivity contribution in [1.29, 1.82) is 0 Å². The van der Waals surface area contributed by atoms with Gasteiger partial charge in [0.1, 0.15) is 19.1 Å². The molecule has 0 bridgehead atoms. The van der Waals surface area contributed by atoms with Crippen molar-refractivity contribution in [2.24, 2.45) is 0 Å². The number of amides is 1. The molecule has 1 amide bonds. The van der Waals surface area contributed by atoms with E-state index < -0.39 is 0 Å². The van der Waals surface area contributed by atoms with Crippen LogP contribution < -0.4 is 9.88 Å². The highest BCUT2D eigenvalue weighted by Crippen LogP contribution is 1.97. The van der Waals surface area contributed by atoms with Crippen LogP contribution >= 0.6 is 0 Å². The summed E-state index contributed by atoms with van der Waals surface area (Å²) in [5.74, 6) is -0.175. The van der Waals surface area contributed by atoms with Gasteiger partial charge in [-0.25, -0.2) is 0 Å². The number of rotatable bonds is 15. The number of unbranched alkanes of at least 4 members (excludes halogenated alkanes) is 4. The van der Waals surface area contributed by atoms with Crippen molar-refractivity contribution in [3.63, 3.8) is 0 Å². The lowest BCUT2D eigenvalue weighted by Gasteiger charge is -2.07. The summed E-state index contributed by atoms with van der Waals surface area (Å²) in [6, 6.07) is 3.60. The van der Waals surface area contributed by atoms with Crippen LogP contribution in [0.25, 0.3) is 0 Å². The quantitative estimate of drug-likeness (QED) is 0.299. The zero-order valence-electron chi connectivity index (χ0n) is 15.7. The van der Waals surface area contributed by atoms with Gasteiger partial charge in [0.2, 0.25) is 0 Å². The van der Waals surface area contributed by atoms with E-state index in [1.807, 2.05) is 16.8 Å². The Hall–Kier alpha value is -1.50. The second-order valence-corrected chi connectivity index (χ2v) is 5.94. The average molecular weight is 353 g/mol. The smallest absolute Gasteiger partial charge is 0.259 e. The maximum absolute atomic E-state index is 12.1. The summed E-state index contributed by atoms with van der Waals surface area (Å²) in [6.07, 6.45) is 10.4. The average Bonchev–Trinajstić information content (AvgIpc) is 2.64. The number of aromatic nitrogens is 1. The Morgan fingerprint density at radius 2 is 1.76 bits per heavy atom. The third-order valence-corrected chi connectivity index (χ3v) is 3.65. The van der Waals surface area contributed by atoms with Gasteiger partial charge < -0.3 is 19.5 Å². The van der Waals surface area contributed by atoms with E-state index in [-0.39, 0.29) is 19.4 Å². The molecule has 1 N–H and O–H groups in total. The van der Waals surface area contributed by atoms with Gasteiger partial charge >= 0.3 is 0 Å². The Bertz CT molecular complexity index is 468. The van der Waals surface area contributed by atoms with E-state index in [1.54, 1.807) is 12.3 Å². The molecule has 0 aliphatic heterocycles. The van der Waals surface area contributed by atoms with Crippen molar-refractivity contribution in [2.75, 3.05) is 26.7 Å². The number of hydrogen-bond donors (Lipinski definition) is 1. The van der Waals surface area contributed by atoms with Crippen LogP contribution in [-0.4, -0.2) is 32.6 Å². The van der Waals surface area contributed by atoms with E-state index in [1.165, 1.54) is 19.3 Å². The fourth-order valence-electron chi connectivity index (χ4n) is 2.19. The molecule has 0 fully saturated rings. The van der Waals surface area contributed by atoms with Gasteiger partial charge in [-0.1, -0.05) is 39.5 Å². The first-order valence-electron chi connectivity index (χ1n) is 9.28. The molecular formula is C19H33N2O4+. The van der Waals surface area contributed by atoms with Crippen molar-refractivity contribution < 1.29 is 23.6 Å². The standard InChI is InChI=1S/C19H32N2O4/c1-3-5-7-12-23-16-21-11-9-10-18(14-21)19(22)20-15-25-17-24-13-8-6-4-2/h9-11,14H,3-8,12-13,15-17H2,1-2H3/p+1. The Kier molecular flexibility index (Phi) is 12.8. The molecule has 1 rings (SSSR count). The van der Waals surface area contributed by atoms with Crippen molar-refractivity contribution in [2.45, 2.75) is 59.1 Å². The van der Waals surface area contributed by atoms with Crippen LogP contribution in [-0.2, 0) is 20.9 Å². The van der Waals surface area contributed by atoms with Crippen LogP contribution in [0.5, 0.6) is 0 Å². The highest BCUT2D eigenvalue weighted by molar-refractivity contribution is 5.93. The maximum Gasteiger partial charge on any atom is 0.259 e. The molecule has 0 saturated heterocycles. The summed E-state index contributed by atoms with van der Waals surface area (Å²) in [6.45, 7) is 6.53. The van der Waals surface area contributed by atoms with Gasteiger partial charge in [0.05, 0.1) is 6.61 Å². The van der Waals surface area contributed by atoms with E-state index in [0.29, 0.717) is 18.9 Å². The fraction of sp³-hybridized carbons (Fsp3) is 0.684. The second-order valence-electron chi connectivity index (χ2n) is 5.94. The van der Waals surface area contributed by atoms with E-state index in [0.717, 1.165) is 25.9 Å². The molecule has 0 saturated carbocycles. The normalized spacial score (nSPS) is 10.8. The lowest BCUT2D eigenvalue weighted by atomic mass is 10.2. The molecule has 25 heavy (non-hydrogen) atoms. The summed E-state index contributed by atoms with van der Waals surface area (Å²) < 4.78 is 18.0. The summed E-state index contributed by atoms with van der Waals surface area (Å²) >= 11 is 0. The molecule has 0 spiro atoms. The second kappa shape index (κ2) is 14.8. The van der Waals surface area contributed by atoms with Crippen LogP contribution in [0.15, 0.2) is 24.5 Å². The maximum atomic E-state index is 12.1. The summed E-state index contributed by atoms with van der Waals surface area (Å²) in [4.78, 5) is 12.1. The van der Waals surface area contributed by atoms with Gasteiger partial charge in [0.25, 0.3) is 12.6 Å². The number of nitrogens with one attached hydrogen (secondary N) is 1. The molecule has 0 unspecified atom stereocenters. The minimum atomic E-state index is -0.175. The van der Waals surface area contributed by atoms with E-state index in [4.69, 9.17) is 14.2 Å². The predicted octanol–water partition coefficient (Wildman–Crippen LogP) is 3.01. The largest absolute Gasteiger partial charge is 0.355 e. The van der Waals surface area contributed by atoms with Crippen molar-refractivity contribution in [1.82, 2.24) is 5.32 Å². The molecule has 1 aromatic rings. The highest BCUT2D eigenvalue weighted by Gasteiger charge is 2.10. The Morgan fingerprint density at radius 3 is 2.48 bits per heavy atom. The van der Waals surface area contributed by atoms with Crippen LogP contribution in [0.3, 0.4) is 0 Å². The topological polar surface area (TPSA) is 60.7 Å². The first-order chi connectivity index (χ1) is 12.3. The lowest BCUT2D eigenvalue weighted by Crippen LogP contribution is -2.37. The third-order valence-electron chi connectivity index (χ3n) is 3.65. The van der Waals surface area contributed by atoms with Crippen LogP contribution in [0, 0.1) is 0 Å². The van der Waals surface area contributed by atoms with Gasteiger partial charge in [0.15, 0.2) is 12.4 Å². The molecule has 6 heteroatoms. The molecule has 0 aliphatic rings. The Morgan fingerprint density at radius 1 is 1.04 bits per heavy atom. The summed E-state index contributed by atoms with van der Waals surface area (Å²) in [7, 11) is 0. The first kappa shape index (κ1) is 21.5. The number of pyridine rings is 1. The van der Waals surface area contributed by atoms with Crippen molar-refractivity contribution in [3.05, 3.63) is 30.1 Å². The van der Waals surface area contributed by atoms with Gasteiger partial charge in [0, 0.05) is 12.7 Å².